The van der Waals surface area contributed by atoms with Crippen LogP contribution in [0.4, 0.5) is 0 Å². The first kappa shape index (κ1) is 29.3. The van der Waals surface area contributed by atoms with Gasteiger partial charge in [-0.15, -0.1) is 0 Å². The summed E-state index contributed by atoms with van der Waals surface area (Å²) in [6.45, 7) is 3.51. The standard InChI is InChI=1S/C39H33N3O4/c43-37-25-39(46-38-12-6-3-9-34(37)38)30-15-19-33(20-16-30)45-24-23-44-22-21-42(26-31-17-13-28-7-1-4-10-35(28)40-31)27-32-18-14-29-8-2-5-11-36(29)41-32/h1-20,25H,21-24,26-27H2. The predicted octanol–water partition coefficient (Wildman–Crippen LogP) is 7.65. The van der Waals surface area contributed by atoms with Gasteiger partial charge in [0.2, 0.25) is 0 Å². The van der Waals surface area contributed by atoms with Gasteiger partial charge in [-0.05, 0) is 60.7 Å². The third kappa shape index (κ3) is 6.96. The van der Waals surface area contributed by atoms with Gasteiger partial charge in [0.05, 0.1) is 41.0 Å². The molecule has 0 unspecified atom stereocenters. The normalized spacial score (nSPS) is 11.5. The Morgan fingerprint density at radius 1 is 0.630 bits per heavy atom. The van der Waals surface area contributed by atoms with Gasteiger partial charge in [0.25, 0.3) is 0 Å². The second-order valence-electron chi connectivity index (χ2n) is 11.2. The molecular formula is C39H33N3O4. The molecule has 7 aromatic rings. The van der Waals surface area contributed by atoms with Crippen LogP contribution in [0.3, 0.4) is 0 Å². The molecular weight excluding hydrogens is 574 g/mol. The molecule has 0 aliphatic carbocycles. The summed E-state index contributed by atoms with van der Waals surface area (Å²) in [5, 5.41) is 2.84. The van der Waals surface area contributed by atoms with Crippen molar-refractivity contribution in [1.82, 2.24) is 14.9 Å². The molecule has 7 nitrogen and oxygen atoms in total. The molecule has 0 fully saturated rings. The highest BCUT2D eigenvalue weighted by atomic mass is 16.5. The maximum absolute atomic E-state index is 12.5. The van der Waals surface area contributed by atoms with E-state index in [1.54, 1.807) is 12.1 Å². The molecule has 0 spiro atoms. The van der Waals surface area contributed by atoms with E-state index in [9.17, 15) is 4.79 Å². The van der Waals surface area contributed by atoms with Crippen LogP contribution in [0.1, 0.15) is 11.4 Å². The van der Waals surface area contributed by atoms with Crippen LogP contribution >= 0.6 is 0 Å². The Hall–Kier alpha value is -5.37. The largest absolute Gasteiger partial charge is 0.491 e. The quantitative estimate of drug-likeness (QED) is 0.132. The molecule has 7 rings (SSSR count). The third-order valence-electron chi connectivity index (χ3n) is 7.91. The first-order chi connectivity index (χ1) is 22.7. The SMILES string of the molecule is O=c1cc(-c2ccc(OCCOCCN(Cc3ccc4ccccc4n3)Cc3ccc4ccccc4n3)cc2)oc2ccccc12. The minimum absolute atomic E-state index is 0.0602. The predicted molar refractivity (Wildman–Crippen MR) is 182 cm³/mol. The number of rotatable bonds is 12. The molecule has 4 aromatic carbocycles. The molecule has 0 aliphatic rings. The van der Waals surface area contributed by atoms with Crippen molar-refractivity contribution < 1.29 is 13.9 Å². The Morgan fingerprint density at radius 3 is 1.96 bits per heavy atom. The molecule has 0 saturated carbocycles. The summed E-state index contributed by atoms with van der Waals surface area (Å²) >= 11 is 0. The van der Waals surface area contributed by atoms with Crippen LogP contribution in [0.2, 0.25) is 0 Å². The first-order valence-corrected chi connectivity index (χ1v) is 15.4. The van der Waals surface area contributed by atoms with Gasteiger partial charge in [0, 0.05) is 42.0 Å². The zero-order valence-corrected chi connectivity index (χ0v) is 25.3. The number of fused-ring (bicyclic) bond motifs is 3. The average Bonchev–Trinajstić information content (AvgIpc) is 3.10. The van der Waals surface area contributed by atoms with Crippen molar-refractivity contribution in [2.75, 3.05) is 26.4 Å². The van der Waals surface area contributed by atoms with Crippen LogP contribution in [0.15, 0.2) is 137 Å². The average molecular weight is 608 g/mol. The van der Waals surface area contributed by atoms with E-state index in [1.807, 2.05) is 72.8 Å². The lowest BCUT2D eigenvalue weighted by atomic mass is 10.1. The van der Waals surface area contributed by atoms with E-state index in [2.05, 4.69) is 41.3 Å². The summed E-state index contributed by atoms with van der Waals surface area (Å²) in [5.41, 5.74) is 5.33. The number of aromatic nitrogens is 2. The molecule has 228 valence electrons. The van der Waals surface area contributed by atoms with Crippen LogP contribution in [-0.2, 0) is 17.8 Å². The zero-order chi connectivity index (χ0) is 31.1. The number of pyridine rings is 2. The molecule has 0 N–H and O–H groups in total. The van der Waals surface area contributed by atoms with Gasteiger partial charge in [0.1, 0.15) is 23.7 Å². The van der Waals surface area contributed by atoms with E-state index >= 15 is 0 Å². The summed E-state index contributed by atoms with van der Waals surface area (Å²) in [6.07, 6.45) is 0. The van der Waals surface area contributed by atoms with Crippen molar-refractivity contribution in [3.63, 3.8) is 0 Å². The van der Waals surface area contributed by atoms with Gasteiger partial charge >= 0.3 is 0 Å². The van der Waals surface area contributed by atoms with Crippen LogP contribution in [0, 0.1) is 0 Å². The molecule has 0 amide bonds. The fraction of sp³-hybridized carbons (Fsp3) is 0.154. The van der Waals surface area contributed by atoms with Crippen molar-refractivity contribution in [3.8, 4) is 17.1 Å². The van der Waals surface area contributed by atoms with Crippen molar-refractivity contribution in [2.24, 2.45) is 0 Å². The number of nitrogens with zero attached hydrogens (tertiary/aromatic N) is 3. The van der Waals surface area contributed by atoms with Gasteiger partial charge in [0.15, 0.2) is 5.43 Å². The van der Waals surface area contributed by atoms with Crippen LogP contribution in [-0.4, -0.2) is 41.2 Å². The second-order valence-corrected chi connectivity index (χ2v) is 11.2. The van der Waals surface area contributed by atoms with Crippen molar-refractivity contribution in [2.45, 2.75) is 13.1 Å². The van der Waals surface area contributed by atoms with Crippen LogP contribution in [0.25, 0.3) is 44.1 Å². The summed E-state index contributed by atoms with van der Waals surface area (Å²) in [6, 6.07) is 41.1. The van der Waals surface area contributed by atoms with Crippen molar-refractivity contribution in [1.29, 1.82) is 0 Å². The Labute approximate surface area is 266 Å². The van der Waals surface area contributed by atoms with Gasteiger partial charge in [-0.2, -0.15) is 0 Å². The van der Waals surface area contributed by atoms with Crippen molar-refractivity contribution >= 4 is 32.8 Å². The lowest BCUT2D eigenvalue weighted by Gasteiger charge is -2.22. The second kappa shape index (κ2) is 13.7. The van der Waals surface area contributed by atoms with E-state index < -0.39 is 0 Å². The monoisotopic (exact) mass is 607 g/mol. The number of hydrogen-bond donors (Lipinski definition) is 0. The zero-order valence-electron chi connectivity index (χ0n) is 25.3. The van der Waals surface area contributed by atoms with Crippen LogP contribution in [0.5, 0.6) is 5.75 Å². The Bertz CT molecular complexity index is 2080. The van der Waals surface area contributed by atoms with E-state index in [1.165, 1.54) is 6.07 Å². The number of benzene rings is 4. The summed E-state index contributed by atoms with van der Waals surface area (Å²) < 4.78 is 17.9. The Kier molecular flexibility index (Phi) is 8.76. The fourth-order valence-electron chi connectivity index (χ4n) is 5.54. The highest BCUT2D eigenvalue weighted by Gasteiger charge is 2.11. The maximum atomic E-state index is 12.5. The minimum atomic E-state index is -0.0602. The molecule has 0 aliphatic heterocycles. The fourth-order valence-corrected chi connectivity index (χ4v) is 5.54. The smallest absolute Gasteiger partial charge is 0.193 e. The van der Waals surface area contributed by atoms with Gasteiger partial charge in [-0.3, -0.25) is 19.7 Å². The maximum Gasteiger partial charge on any atom is 0.193 e. The summed E-state index contributed by atoms with van der Waals surface area (Å²) in [7, 11) is 0. The molecule has 0 radical (unpaired) electrons. The van der Waals surface area contributed by atoms with E-state index in [4.69, 9.17) is 23.9 Å². The third-order valence-corrected chi connectivity index (χ3v) is 7.91. The first-order valence-electron chi connectivity index (χ1n) is 15.4. The van der Waals surface area contributed by atoms with Gasteiger partial charge in [-0.25, -0.2) is 0 Å². The van der Waals surface area contributed by atoms with Gasteiger partial charge < -0.3 is 13.9 Å². The summed E-state index contributed by atoms with van der Waals surface area (Å²) in [5.74, 6) is 1.25. The molecule has 0 atom stereocenters. The van der Waals surface area contributed by atoms with E-state index in [0.717, 1.165) is 44.5 Å². The highest BCUT2D eigenvalue weighted by molar-refractivity contribution is 5.80. The number of ether oxygens (including phenoxy) is 2. The lowest BCUT2D eigenvalue weighted by molar-refractivity contribution is 0.0755. The van der Waals surface area contributed by atoms with Gasteiger partial charge in [-0.1, -0.05) is 60.7 Å². The number of para-hydroxylation sites is 3. The molecule has 3 aromatic heterocycles. The lowest BCUT2D eigenvalue weighted by Crippen LogP contribution is -2.28. The number of hydrogen-bond acceptors (Lipinski definition) is 7. The molecule has 3 heterocycles. The Morgan fingerprint density at radius 2 is 1.26 bits per heavy atom. The minimum Gasteiger partial charge on any atom is -0.491 e. The molecule has 46 heavy (non-hydrogen) atoms. The molecule has 0 saturated heterocycles. The van der Waals surface area contributed by atoms with Crippen LogP contribution < -0.4 is 10.2 Å². The van der Waals surface area contributed by atoms with E-state index in [0.29, 0.717) is 56.2 Å². The van der Waals surface area contributed by atoms with Crippen molar-refractivity contribution in [3.05, 3.63) is 149 Å². The molecule has 0 bridgehead atoms. The topological polar surface area (TPSA) is 77.7 Å². The Balaban J connectivity index is 0.943. The molecule has 7 heteroatoms. The summed E-state index contributed by atoms with van der Waals surface area (Å²) in [4.78, 5) is 24.6. The van der Waals surface area contributed by atoms with E-state index in [-0.39, 0.29) is 5.43 Å². The highest BCUT2D eigenvalue weighted by Crippen LogP contribution is 2.24.